The molecule has 1 aliphatic heterocycles. The molecule has 0 aliphatic carbocycles. The molecular weight excluding hydrogens is 295 g/mol. The third-order valence-corrected chi connectivity index (χ3v) is 3.37. The van der Waals surface area contributed by atoms with Crippen LogP contribution < -0.4 is 10.2 Å². The van der Waals surface area contributed by atoms with Crippen molar-refractivity contribution >= 4 is 17.4 Å². The molecule has 0 spiro atoms. The van der Waals surface area contributed by atoms with Gasteiger partial charge in [-0.15, -0.1) is 0 Å². The number of hydrogen-bond donors (Lipinski definition) is 1. The zero-order chi connectivity index (χ0) is 14.8. The number of anilines is 1. The van der Waals surface area contributed by atoms with Crippen molar-refractivity contribution in [3.8, 4) is 0 Å². The maximum absolute atomic E-state index is 12.6. The molecule has 1 N–H and O–H groups in total. The van der Waals surface area contributed by atoms with E-state index in [1.54, 1.807) is 7.05 Å². The lowest BCUT2D eigenvalue weighted by Crippen LogP contribution is -2.50. The van der Waals surface area contributed by atoms with Gasteiger partial charge < -0.3 is 15.0 Å². The SMILES string of the molecule is CNCC1COCCN1c1ncc(C(F)(F)F)cc1Cl. The van der Waals surface area contributed by atoms with Crippen molar-refractivity contribution in [3.63, 3.8) is 0 Å². The molecule has 1 fully saturated rings. The van der Waals surface area contributed by atoms with E-state index in [1.807, 2.05) is 4.90 Å². The highest BCUT2D eigenvalue weighted by atomic mass is 35.5. The van der Waals surface area contributed by atoms with Crippen LogP contribution >= 0.6 is 11.6 Å². The van der Waals surface area contributed by atoms with E-state index in [0.717, 1.165) is 12.3 Å². The van der Waals surface area contributed by atoms with Gasteiger partial charge in [0.1, 0.15) is 5.82 Å². The largest absolute Gasteiger partial charge is 0.417 e. The van der Waals surface area contributed by atoms with E-state index >= 15 is 0 Å². The Morgan fingerprint density at radius 3 is 2.90 bits per heavy atom. The number of aromatic nitrogens is 1. The minimum absolute atomic E-state index is 0.00262. The van der Waals surface area contributed by atoms with Crippen molar-refractivity contribution in [2.75, 3.05) is 38.3 Å². The molecule has 4 nitrogen and oxygen atoms in total. The van der Waals surface area contributed by atoms with Gasteiger partial charge in [-0.05, 0) is 13.1 Å². The van der Waals surface area contributed by atoms with Crippen LogP contribution in [0.15, 0.2) is 12.3 Å². The molecule has 0 amide bonds. The van der Waals surface area contributed by atoms with Crippen molar-refractivity contribution < 1.29 is 17.9 Å². The summed E-state index contributed by atoms with van der Waals surface area (Å²) in [6, 6.07) is 0.908. The first-order chi connectivity index (χ1) is 9.43. The fourth-order valence-electron chi connectivity index (χ4n) is 2.14. The Labute approximate surface area is 119 Å². The predicted molar refractivity (Wildman–Crippen MR) is 70.1 cm³/mol. The average Bonchev–Trinajstić information content (AvgIpc) is 2.39. The van der Waals surface area contributed by atoms with Gasteiger partial charge in [0.15, 0.2) is 0 Å². The van der Waals surface area contributed by atoms with Crippen LogP contribution in [0, 0.1) is 0 Å². The lowest BCUT2D eigenvalue weighted by molar-refractivity contribution is -0.137. The van der Waals surface area contributed by atoms with E-state index in [4.69, 9.17) is 16.3 Å². The number of hydrogen-bond acceptors (Lipinski definition) is 4. The van der Waals surface area contributed by atoms with Crippen LogP contribution in [-0.4, -0.2) is 44.4 Å². The Morgan fingerprint density at radius 1 is 1.55 bits per heavy atom. The molecule has 1 saturated heterocycles. The monoisotopic (exact) mass is 309 g/mol. The topological polar surface area (TPSA) is 37.4 Å². The van der Waals surface area contributed by atoms with Crippen molar-refractivity contribution in [1.29, 1.82) is 0 Å². The summed E-state index contributed by atoms with van der Waals surface area (Å²) in [4.78, 5) is 5.77. The first-order valence-electron chi connectivity index (χ1n) is 6.15. The Bertz CT molecular complexity index is 468. The van der Waals surface area contributed by atoms with E-state index in [9.17, 15) is 13.2 Å². The molecule has 1 atom stereocenters. The molecule has 1 aromatic rings. The van der Waals surface area contributed by atoms with Crippen molar-refractivity contribution in [2.24, 2.45) is 0 Å². The summed E-state index contributed by atoms with van der Waals surface area (Å²) in [5, 5.41) is 3.02. The van der Waals surface area contributed by atoms with Gasteiger partial charge in [-0.3, -0.25) is 0 Å². The normalized spacial score (nSPS) is 20.2. The fourth-order valence-corrected chi connectivity index (χ4v) is 2.41. The number of morpholine rings is 1. The third kappa shape index (κ3) is 3.34. The third-order valence-electron chi connectivity index (χ3n) is 3.09. The predicted octanol–water partition coefficient (Wildman–Crippen LogP) is 2.18. The summed E-state index contributed by atoms with van der Waals surface area (Å²) in [6.45, 7) is 2.17. The highest BCUT2D eigenvalue weighted by molar-refractivity contribution is 6.33. The molecule has 0 bridgehead atoms. The summed E-state index contributed by atoms with van der Waals surface area (Å²) in [5.74, 6) is 0.364. The molecule has 112 valence electrons. The summed E-state index contributed by atoms with van der Waals surface area (Å²) >= 11 is 5.97. The van der Waals surface area contributed by atoms with Crippen LogP contribution in [0.25, 0.3) is 0 Å². The van der Waals surface area contributed by atoms with Crippen LogP contribution in [0.5, 0.6) is 0 Å². The molecule has 0 saturated carbocycles. The lowest BCUT2D eigenvalue weighted by Gasteiger charge is -2.36. The summed E-state index contributed by atoms with van der Waals surface area (Å²) in [7, 11) is 1.80. The number of rotatable bonds is 3. The molecule has 1 aromatic heterocycles. The summed E-state index contributed by atoms with van der Waals surface area (Å²) < 4.78 is 43.2. The zero-order valence-electron chi connectivity index (χ0n) is 10.9. The smallest absolute Gasteiger partial charge is 0.377 e. The Balaban J connectivity index is 2.27. The van der Waals surface area contributed by atoms with Crippen molar-refractivity contribution in [1.82, 2.24) is 10.3 Å². The van der Waals surface area contributed by atoms with Gasteiger partial charge in [-0.1, -0.05) is 11.6 Å². The van der Waals surface area contributed by atoms with Crippen molar-refractivity contribution in [2.45, 2.75) is 12.2 Å². The number of nitrogens with zero attached hydrogens (tertiary/aromatic N) is 2. The first kappa shape index (κ1) is 15.3. The number of pyridine rings is 1. The maximum atomic E-state index is 12.6. The quantitative estimate of drug-likeness (QED) is 0.928. The molecule has 8 heteroatoms. The highest BCUT2D eigenvalue weighted by Gasteiger charge is 2.33. The second-order valence-corrected chi connectivity index (χ2v) is 4.91. The average molecular weight is 310 g/mol. The van der Waals surface area contributed by atoms with Gasteiger partial charge in [0.25, 0.3) is 0 Å². The van der Waals surface area contributed by atoms with Gasteiger partial charge in [-0.2, -0.15) is 13.2 Å². The zero-order valence-corrected chi connectivity index (χ0v) is 11.6. The molecule has 2 rings (SSSR count). The van der Waals surface area contributed by atoms with E-state index < -0.39 is 11.7 Å². The molecule has 20 heavy (non-hydrogen) atoms. The summed E-state index contributed by atoms with van der Waals surface area (Å²) in [6.07, 6.45) is -3.63. The number of nitrogens with one attached hydrogen (secondary N) is 1. The van der Waals surface area contributed by atoms with E-state index in [0.29, 0.717) is 32.1 Å². The Hall–Kier alpha value is -1.05. The van der Waals surface area contributed by atoms with Gasteiger partial charge in [0, 0.05) is 19.3 Å². The van der Waals surface area contributed by atoms with Crippen LogP contribution in [0.3, 0.4) is 0 Å². The Morgan fingerprint density at radius 2 is 2.30 bits per heavy atom. The van der Waals surface area contributed by atoms with Gasteiger partial charge in [0.2, 0.25) is 0 Å². The van der Waals surface area contributed by atoms with Crippen LogP contribution in [0.1, 0.15) is 5.56 Å². The number of halogens is 4. The second-order valence-electron chi connectivity index (χ2n) is 4.51. The lowest BCUT2D eigenvalue weighted by atomic mass is 10.2. The molecule has 2 heterocycles. The van der Waals surface area contributed by atoms with Crippen LogP contribution in [0.4, 0.5) is 19.0 Å². The molecule has 1 aliphatic rings. The highest BCUT2D eigenvalue weighted by Crippen LogP contribution is 2.34. The van der Waals surface area contributed by atoms with Gasteiger partial charge in [-0.25, -0.2) is 4.98 Å². The number of alkyl halides is 3. The van der Waals surface area contributed by atoms with Gasteiger partial charge >= 0.3 is 6.18 Å². The first-order valence-corrected chi connectivity index (χ1v) is 6.53. The molecular formula is C12H15ClF3N3O. The molecule has 0 aromatic carbocycles. The maximum Gasteiger partial charge on any atom is 0.417 e. The van der Waals surface area contributed by atoms with E-state index in [2.05, 4.69) is 10.3 Å². The van der Waals surface area contributed by atoms with Crippen LogP contribution in [-0.2, 0) is 10.9 Å². The minimum atomic E-state index is -4.44. The van der Waals surface area contributed by atoms with E-state index in [1.165, 1.54) is 0 Å². The molecule has 0 radical (unpaired) electrons. The van der Waals surface area contributed by atoms with Crippen LogP contribution in [0.2, 0.25) is 5.02 Å². The minimum Gasteiger partial charge on any atom is -0.377 e. The van der Waals surface area contributed by atoms with E-state index in [-0.39, 0.29) is 11.1 Å². The number of ether oxygens (including phenoxy) is 1. The van der Waals surface area contributed by atoms with Gasteiger partial charge in [0.05, 0.1) is 29.8 Å². The number of likely N-dealkylation sites (N-methyl/N-ethyl adjacent to an activating group) is 1. The fraction of sp³-hybridized carbons (Fsp3) is 0.583. The van der Waals surface area contributed by atoms with Crippen molar-refractivity contribution in [3.05, 3.63) is 22.8 Å². The summed E-state index contributed by atoms with van der Waals surface area (Å²) in [5.41, 5.74) is -0.843. The Kier molecular flexibility index (Phi) is 4.72. The second kappa shape index (κ2) is 6.15. The standard InChI is InChI=1S/C12H15ClF3N3O/c1-17-6-9-7-20-3-2-19(9)11-10(13)4-8(5-18-11)12(14,15)16/h4-5,9,17H,2-3,6-7H2,1H3. The molecule has 1 unspecified atom stereocenters.